The molecule has 1 saturated heterocycles. The van der Waals surface area contributed by atoms with E-state index in [2.05, 4.69) is 48.3 Å². The number of benzene rings is 1. The summed E-state index contributed by atoms with van der Waals surface area (Å²) in [7, 11) is 0. The smallest absolute Gasteiger partial charge is 0.222 e. The van der Waals surface area contributed by atoms with E-state index in [4.69, 9.17) is 0 Å². The summed E-state index contributed by atoms with van der Waals surface area (Å²) in [4.78, 5) is 14.4. The fourth-order valence-electron chi connectivity index (χ4n) is 3.09. The first-order valence-electron chi connectivity index (χ1n) is 8.09. The van der Waals surface area contributed by atoms with Crippen molar-refractivity contribution >= 4 is 5.91 Å². The monoisotopic (exact) mass is 288 g/mol. The Morgan fingerprint density at radius 2 is 2.14 bits per heavy atom. The number of rotatable bonds is 4. The Balaban J connectivity index is 2.10. The van der Waals surface area contributed by atoms with Gasteiger partial charge in [-0.05, 0) is 31.4 Å². The summed E-state index contributed by atoms with van der Waals surface area (Å²) in [6.07, 6.45) is 1.04. The SMILES string of the molecule is CCN1CC(NC(=O)C(C)C)CC(c2cccc(C)c2)C1. The first kappa shape index (κ1) is 16.0. The molecule has 1 heterocycles. The van der Waals surface area contributed by atoms with Gasteiger partial charge in [0.2, 0.25) is 5.91 Å². The maximum Gasteiger partial charge on any atom is 0.222 e. The number of carbonyl (C=O) groups excluding carboxylic acids is 1. The molecule has 116 valence electrons. The Hall–Kier alpha value is -1.35. The molecule has 1 amide bonds. The number of carbonyl (C=O) groups is 1. The first-order valence-corrected chi connectivity index (χ1v) is 8.09. The lowest BCUT2D eigenvalue weighted by molar-refractivity contribution is -0.125. The van der Waals surface area contributed by atoms with Gasteiger partial charge < -0.3 is 10.2 Å². The van der Waals surface area contributed by atoms with E-state index in [0.717, 1.165) is 26.1 Å². The quantitative estimate of drug-likeness (QED) is 0.924. The zero-order valence-electron chi connectivity index (χ0n) is 13.7. The van der Waals surface area contributed by atoms with E-state index in [-0.39, 0.29) is 17.9 Å². The van der Waals surface area contributed by atoms with Crippen LogP contribution in [0.4, 0.5) is 0 Å². The maximum absolute atomic E-state index is 12.0. The number of piperidine rings is 1. The number of hydrogen-bond acceptors (Lipinski definition) is 2. The lowest BCUT2D eigenvalue weighted by Gasteiger charge is -2.38. The van der Waals surface area contributed by atoms with Gasteiger partial charge in [0.25, 0.3) is 0 Å². The van der Waals surface area contributed by atoms with E-state index < -0.39 is 0 Å². The van der Waals surface area contributed by atoms with Crippen molar-refractivity contribution in [3.8, 4) is 0 Å². The van der Waals surface area contributed by atoms with Crippen LogP contribution < -0.4 is 5.32 Å². The molecule has 0 aromatic heterocycles. The van der Waals surface area contributed by atoms with Gasteiger partial charge >= 0.3 is 0 Å². The fourth-order valence-corrected chi connectivity index (χ4v) is 3.09. The average Bonchev–Trinajstić information content (AvgIpc) is 2.46. The van der Waals surface area contributed by atoms with Crippen molar-refractivity contribution in [1.29, 1.82) is 0 Å². The molecule has 2 unspecified atom stereocenters. The molecule has 1 fully saturated rings. The Morgan fingerprint density at radius 3 is 2.76 bits per heavy atom. The van der Waals surface area contributed by atoms with Crippen LogP contribution in [0.1, 0.15) is 44.2 Å². The highest BCUT2D eigenvalue weighted by atomic mass is 16.1. The van der Waals surface area contributed by atoms with Crippen LogP contribution in [0.2, 0.25) is 0 Å². The van der Waals surface area contributed by atoms with Crippen LogP contribution in [0.25, 0.3) is 0 Å². The van der Waals surface area contributed by atoms with Crippen LogP contribution in [0.5, 0.6) is 0 Å². The van der Waals surface area contributed by atoms with Crippen molar-refractivity contribution in [3.05, 3.63) is 35.4 Å². The van der Waals surface area contributed by atoms with E-state index in [1.807, 2.05) is 13.8 Å². The fraction of sp³-hybridized carbons (Fsp3) is 0.611. The largest absolute Gasteiger partial charge is 0.352 e. The molecular weight excluding hydrogens is 260 g/mol. The van der Waals surface area contributed by atoms with Gasteiger partial charge in [-0.3, -0.25) is 4.79 Å². The van der Waals surface area contributed by atoms with Gasteiger partial charge in [0.15, 0.2) is 0 Å². The molecule has 3 heteroatoms. The van der Waals surface area contributed by atoms with Crippen molar-refractivity contribution in [2.24, 2.45) is 5.92 Å². The summed E-state index contributed by atoms with van der Waals surface area (Å²) >= 11 is 0. The van der Waals surface area contributed by atoms with Gasteiger partial charge in [0.1, 0.15) is 0 Å². The number of likely N-dealkylation sites (tertiary alicyclic amines) is 1. The second kappa shape index (κ2) is 7.08. The van der Waals surface area contributed by atoms with E-state index >= 15 is 0 Å². The number of aryl methyl sites for hydroxylation is 1. The molecule has 3 nitrogen and oxygen atoms in total. The van der Waals surface area contributed by atoms with Gasteiger partial charge in [-0.25, -0.2) is 0 Å². The summed E-state index contributed by atoms with van der Waals surface area (Å²) in [6.45, 7) is 11.3. The number of likely N-dealkylation sites (N-methyl/N-ethyl adjacent to an activating group) is 1. The Kier molecular flexibility index (Phi) is 5.40. The van der Waals surface area contributed by atoms with Crippen LogP contribution in [0.3, 0.4) is 0 Å². The zero-order valence-corrected chi connectivity index (χ0v) is 13.7. The Bertz CT molecular complexity index is 484. The Labute approximate surface area is 128 Å². The van der Waals surface area contributed by atoms with Crippen molar-refractivity contribution in [1.82, 2.24) is 10.2 Å². The van der Waals surface area contributed by atoms with E-state index in [1.54, 1.807) is 0 Å². The van der Waals surface area contributed by atoms with Gasteiger partial charge in [0, 0.05) is 25.0 Å². The van der Waals surface area contributed by atoms with Crippen LogP contribution in [-0.2, 0) is 4.79 Å². The number of nitrogens with one attached hydrogen (secondary N) is 1. The predicted molar refractivity (Wildman–Crippen MR) is 87.4 cm³/mol. The standard InChI is InChI=1S/C18H28N2O/c1-5-20-11-16(15-8-6-7-14(4)9-15)10-17(12-20)19-18(21)13(2)3/h6-9,13,16-17H,5,10-12H2,1-4H3,(H,19,21). The van der Waals surface area contributed by atoms with Crippen LogP contribution in [-0.4, -0.2) is 36.5 Å². The van der Waals surface area contributed by atoms with E-state index in [1.165, 1.54) is 11.1 Å². The molecule has 1 N–H and O–H groups in total. The van der Waals surface area contributed by atoms with Gasteiger partial charge in [-0.1, -0.05) is 50.6 Å². The molecule has 1 aromatic carbocycles. The molecule has 1 aromatic rings. The zero-order chi connectivity index (χ0) is 15.4. The van der Waals surface area contributed by atoms with Crippen molar-refractivity contribution in [2.75, 3.05) is 19.6 Å². The predicted octanol–water partition coefficient (Wildman–Crippen LogP) is 2.95. The van der Waals surface area contributed by atoms with E-state index in [9.17, 15) is 4.79 Å². The molecule has 0 aliphatic carbocycles. The summed E-state index contributed by atoms with van der Waals surface area (Å²) in [6, 6.07) is 9.04. The lowest BCUT2D eigenvalue weighted by atomic mass is 9.87. The molecule has 21 heavy (non-hydrogen) atoms. The lowest BCUT2D eigenvalue weighted by Crippen LogP contribution is -2.50. The highest BCUT2D eigenvalue weighted by molar-refractivity contribution is 5.78. The average molecular weight is 288 g/mol. The third kappa shape index (κ3) is 4.31. The molecule has 1 aliphatic rings. The maximum atomic E-state index is 12.0. The first-order chi connectivity index (χ1) is 9.99. The number of amides is 1. The molecule has 1 aliphatic heterocycles. The molecular formula is C18H28N2O. The normalized spacial score (nSPS) is 23.3. The van der Waals surface area contributed by atoms with Gasteiger partial charge in [0.05, 0.1) is 0 Å². The van der Waals surface area contributed by atoms with Crippen LogP contribution >= 0.6 is 0 Å². The minimum Gasteiger partial charge on any atom is -0.352 e. The summed E-state index contributed by atoms with van der Waals surface area (Å²) in [5.41, 5.74) is 2.71. The number of nitrogens with zero attached hydrogens (tertiary/aromatic N) is 1. The molecule has 2 atom stereocenters. The van der Waals surface area contributed by atoms with Crippen LogP contribution in [0, 0.1) is 12.8 Å². The summed E-state index contributed by atoms with van der Waals surface area (Å²) < 4.78 is 0. The third-order valence-corrected chi connectivity index (χ3v) is 4.36. The minimum atomic E-state index is 0.0550. The molecule has 0 bridgehead atoms. The van der Waals surface area contributed by atoms with Crippen molar-refractivity contribution in [3.63, 3.8) is 0 Å². The highest BCUT2D eigenvalue weighted by Gasteiger charge is 2.28. The van der Waals surface area contributed by atoms with Crippen molar-refractivity contribution in [2.45, 2.75) is 46.1 Å². The van der Waals surface area contributed by atoms with Gasteiger partial charge in [-0.15, -0.1) is 0 Å². The summed E-state index contributed by atoms with van der Waals surface area (Å²) in [5.74, 6) is 0.733. The van der Waals surface area contributed by atoms with Crippen LogP contribution in [0.15, 0.2) is 24.3 Å². The second-order valence-corrected chi connectivity index (χ2v) is 6.56. The molecule has 2 rings (SSSR count). The molecule has 0 spiro atoms. The second-order valence-electron chi connectivity index (χ2n) is 6.56. The Morgan fingerprint density at radius 1 is 1.38 bits per heavy atom. The van der Waals surface area contributed by atoms with E-state index in [0.29, 0.717) is 5.92 Å². The number of hydrogen-bond donors (Lipinski definition) is 1. The van der Waals surface area contributed by atoms with Gasteiger partial charge in [-0.2, -0.15) is 0 Å². The van der Waals surface area contributed by atoms with Crippen molar-refractivity contribution < 1.29 is 4.79 Å². The highest BCUT2D eigenvalue weighted by Crippen LogP contribution is 2.27. The molecule has 0 radical (unpaired) electrons. The summed E-state index contributed by atoms with van der Waals surface area (Å²) in [5, 5.41) is 3.22. The molecule has 0 saturated carbocycles. The third-order valence-electron chi connectivity index (χ3n) is 4.36. The minimum absolute atomic E-state index is 0.0550. The topological polar surface area (TPSA) is 32.3 Å².